The van der Waals surface area contributed by atoms with Gasteiger partial charge in [-0.3, -0.25) is 9.69 Å². The molecule has 0 aliphatic heterocycles. The second-order valence-corrected chi connectivity index (χ2v) is 8.99. The van der Waals surface area contributed by atoms with Crippen LogP contribution in [0.5, 0.6) is 0 Å². The number of amides is 1. The molecule has 0 bridgehead atoms. The molecular formula is C21H26ClN3OS2. The summed E-state index contributed by atoms with van der Waals surface area (Å²) < 4.78 is 1.11. The molecule has 7 heteroatoms. The van der Waals surface area contributed by atoms with Crippen LogP contribution in [0, 0.1) is 6.92 Å². The van der Waals surface area contributed by atoms with E-state index in [9.17, 15) is 4.79 Å². The number of anilines is 1. The number of nitrogens with zero attached hydrogens (tertiary/aromatic N) is 3. The lowest BCUT2D eigenvalue weighted by atomic mass is 10.2. The number of hydrogen-bond donors (Lipinski definition) is 0. The summed E-state index contributed by atoms with van der Waals surface area (Å²) in [5.74, 6) is 0.992. The van der Waals surface area contributed by atoms with Gasteiger partial charge in [0.2, 0.25) is 0 Å². The standard InChI is InChI=1S/C21H25N3OS2.ClH/c1-5-26-17-10-7-9-16(14-17)20(25)24(13-12-23(3)4)21-22-19-15(2)8-6-11-18(19)27-21;/h6-11,14H,5,12-13H2,1-4H3;1H. The SMILES string of the molecule is CCSc1cccc(C(=O)N(CCN(C)C)c2nc3c(C)cccc3s2)c1.Cl. The number of benzene rings is 2. The van der Waals surface area contributed by atoms with Crippen molar-refractivity contribution in [3.05, 3.63) is 53.6 Å². The van der Waals surface area contributed by atoms with Gasteiger partial charge in [0, 0.05) is 23.5 Å². The molecule has 1 heterocycles. The lowest BCUT2D eigenvalue weighted by molar-refractivity contribution is 0.0985. The van der Waals surface area contributed by atoms with E-state index in [0.29, 0.717) is 12.1 Å². The van der Waals surface area contributed by atoms with E-state index in [2.05, 4.69) is 36.9 Å². The first-order valence-electron chi connectivity index (χ1n) is 9.05. The summed E-state index contributed by atoms with van der Waals surface area (Å²) in [6.07, 6.45) is 0. The third-order valence-corrected chi connectivity index (χ3v) is 6.17. The number of fused-ring (bicyclic) bond motifs is 1. The first-order chi connectivity index (χ1) is 13.0. The molecule has 0 saturated heterocycles. The highest BCUT2D eigenvalue weighted by atomic mass is 35.5. The molecule has 150 valence electrons. The van der Waals surface area contributed by atoms with Crippen LogP contribution < -0.4 is 4.90 Å². The predicted octanol–water partition coefficient (Wildman–Crippen LogP) is 5.35. The summed E-state index contributed by atoms with van der Waals surface area (Å²) in [5, 5.41) is 0.764. The van der Waals surface area contributed by atoms with Gasteiger partial charge in [-0.25, -0.2) is 4.98 Å². The first kappa shape index (κ1) is 22.7. The Morgan fingerprint density at radius 1 is 1.14 bits per heavy atom. The number of halogens is 1. The Morgan fingerprint density at radius 2 is 1.89 bits per heavy atom. The highest BCUT2D eigenvalue weighted by Crippen LogP contribution is 2.31. The maximum atomic E-state index is 13.3. The Kier molecular flexibility index (Phi) is 8.31. The summed E-state index contributed by atoms with van der Waals surface area (Å²) in [5.41, 5.74) is 2.83. The zero-order valence-corrected chi connectivity index (χ0v) is 19.1. The van der Waals surface area contributed by atoms with Crippen molar-refractivity contribution >= 4 is 56.8 Å². The van der Waals surface area contributed by atoms with Gasteiger partial charge in [0.15, 0.2) is 5.13 Å². The largest absolute Gasteiger partial charge is 0.308 e. The van der Waals surface area contributed by atoms with Crippen LogP contribution in [0.1, 0.15) is 22.8 Å². The molecule has 3 aromatic rings. The number of likely N-dealkylation sites (N-methyl/N-ethyl adjacent to an activating group) is 1. The van der Waals surface area contributed by atoms with Gasteiger partial charge in [0.25, 0.3) is 5.91 Å². The molecule has 1 amide bonds. The fraction of sp³-hybridized carbons (Fsp3) is 0.333. The van der Waals surface area contributed by atoms with Crippen LogP contribution in [0.25, 0.3) is 10.2 Å². The van der Waals surface area contributed by atoms with Gasteiger partial charge in [0.1, 0.15) is 0 Å². The molecule has 28 heavy (non-hydrogen) atoms. The second-order valence-electron chi connectivity index (χ2n) is 6.64. The molecule has 0 N–H and O–H groups in total. The number of aromatic nitrogens is 1. The molecule has 0 spiro atoms. The first-order valence-corrected chi connectivity index (χ1v) is 10.9. The maximum absolute atomic E-state index is 13.3. The van der Waals surface area contributed by atoms with Crippen LogP contribution in [0.4, 0.5) is 5.13 Å². The van der Waals surface area contributed by atoms with Crippen molar-refractivity contribution in [1.29, 1.82) is 0 Å². The Balaban J connectivity index is 0.00000280. The van der Waals surface area contributed by atoms with Gasteiger partial charge in [-0.1, -0.05) is 36.5 Å². The molecule has 0 saturated carbocycles. The lowest BCUT2D eigenvalue weighted by Gasteiger charge is -2.22. The zero-order valence-electron chi connectivity index (χ0n) is 16.6. The molecule has 0 aliphatic carbocycles. The van der Waals surface area contributed by atoms with E-state index in [1.165, 1.54) is 0 Å². The fourth-order valence-corrected chi connectivity index (χ4v) is 4.60. The molecule has 1 aromatic heterocycles. The van der Waals surface area contributed by atoms with E-state index in [-0.39, 0.29) is 18.3 Å². The molecule has 0 unspecified atom stereocenters. The quantitative estimate of drug-likeness (QED) is 0.469. The Bertz CT molecular complexity index is 942. The monoisotopic (exact) mass is 435 g/mol. The Hall–Kier alpha value is -1.60. The van der Waals surface area contributed by atoms with Crippen molar-refractivity contribution in [3.8, 4) is 0 Å². The van der Waals surface area contributed by atoms with Crippen molar-refractivity contribution in [2.75, 3.05) is 37.8 Å². The van der Waals surface area contributed by atoms with E-state index >= 15 is 0 Å². The van der Waals surface area contributed by atoms with Gasteiger partial charge in [-0.15, -0.1) is 24.2 Å². The topological polar surface area (TPSA) is 36.4 Å². The number of aryl methyl sites for hydroxylation is 1. The van der Waals surface area contributed by atoms with Crippen LogP contribution in [-0.4, -0.2) is 48.7 Å². The van der Waals surface area contributed by atoms with E-state index in [1.54, 1.807) is 23.1 Å². The summed E-state index contributed by atoms with van der Waals surface area (Å²) in [4.78, 5) is 23.2. The number of para-hydroxylation sites is 1. The van der Waals surface area contributed by atoms with E-state index < -0.39 is 0 Å². The molecule has 4 nitrogen and oxygen atoms in total. The van der Waals surface area contributed by atoms with E-state index in [1.807, 2.05) is 43.3 Å². The summed E-state index contributed by atoms with van der Waals surface area (Å²) in [7, 11) is 4.04. The normalized spacial score (nSPS) is 10.9. The third kappa shape index (κ3) is 5.26. The number of carbonyl (C=O) groups excluding carboxylic acids is 1. The molecule has 0 radical (unpaired) electrons. The number of thioether (sulfide) groups is 1. The smallest absolute Gasteiger partial charge is 0.260 e. The van der Waals surface area contributed by atoms with Crippen molar-refractivity contribution in [3.63, 3.8) is 0 Å². The minimum absolute atomic E-state index is 0. The number of thiazole rings is 1. The van der Waals surface area contributed by atoms with Crippen LogP contribution in [-0.2, 0) is 0 Å². The van der Waals surface area contributed by atoms with Gasteiger partial charge in [0.05, 0.1) is 10.2 Å². The van der Waals surface area contributed by atoms with Gasteiger partial charge < -0.3 is 4.90 Å². The molecule has 3 rings (SSSR count). The van der Waals surface area contributed by atoms with Crippen molar-refractivity contribution in [1.82, 2.24) is 9.88 Å². The van der Waals surface area contributed by atoms with Crippen LogP contribution in [0.3, 0.4) is 0 Å². The number of hydrogen-bond acceptors (Lipinski definition) is 5. The summed E-state index contributed by atoms with van der Waals surface area (Å²) in [6, 6.07) is 14.0. The third-order valence-electron chi connectivity index (χ3n) is 4.25. The minimum atomic E-state index is 0. The number of carbonyl (C=O) groups is 1. The highest BCUT2D eigenvalue weighted by molar-refractivity contribution is 7.99. The highest BCUT2D eigenvalue weighted by Gasteiger charge is 2.22. The maximum Gasteiger partial charge on any atom is 0.260 e. The van der Waals surface area contributed by atoms with Gasteiger partial charge >= 0.3 is 0 Å². The Morgan fingerprint density at radius 3 is 2.57 bits per heavy atom. The molecule has 0 aliphatic rings. The zero-order chi connectivity index (χ0) is 19.4. The minimum Gasteiger partial charge on any atom is -0.308 e. The van der Waals surface area contributed by atoms with Crippen LogP contribution in [0.15, 0.2) is 47.4 Å². The average molecular weight is 436 g/mol. The summed E-state index contributed by atoms with van der Waals surface area (Å²) >= 11 is 3.33. The number of rotatable bonds is 7. The fourth-order valence-electron chi connectivity index (χ4n) is 2.82. The second kappa shape index (κ2) is 10.3. The van der Waals surface area contributed by atoms with Crippen molar-refractivity contribution in [2.45, 2.75) is 18.7 Å². The molecular weight excluding hydrogens is 410 g/mol. The summed E-state index contributed by atoms with van der Waals surface area (Å²) in [6.45, 7) is 5.56. The molecule has 0 fully saturated rings. The molecule has 0 atom stereocenters. The van der Waals surface area contributed by atoms with Gasteiger partial charge in [-0.2, -0.15) is 0 Å². The van der Waals surface area contributed by atoms with Gasteiger partial charge in [-0.05, 0) is 56.6 Å². The van der Waals surface area contributed by atoms with E-state index in [0.717, 1.165) is 38.1 Å². The van der Waals surface area contributed by atoms with Crippen molar-refractivity contribution < 1.29 is 4.79 Å². The predicted molar refractivity (Wildman–Crippen MR) is 125 cm³/mol. The van der Waals surface area contributed by atoms with Crippen LogP contribution >= 0.6 is 35.5 Å². The van der Waals surface area contributed by atoms with Crippen LogP contribution in [0.2, 0.25) is 0 Å². The Labute approximate surface area is 181 Å². The van der Waals surface area contributed by atoms with Crippen molar-refractivity contribution in [2.24, 2.45) is 0 Å². The molecule has 2 aromatic carbocycles. The van der Waals surface area contributed by atoms with E-state index in [4.69, 9.17) is 4.98 Å². The average Bonchev–Trinajstić information content (AvgIpc) is 3.07. The lowest BCUT2D eigenvalue weighted by Crippen LogP contribution is -2.36.